The number of rotatable bonds is 4. The van der Waals surface area contributed by atoms with Crippen LogP contribution in [0.15, 0.2) is 30.6 Å². The molecule has 0 spiro atoms. The Labute approximate surface area is 148 Å². The number of nitrogens with one attached hydrogen (secondary N) is 1. The fraction of sp³-hybridized carbons (Fsp3) is 0.421. The van der Waals surface area contributed by atoms with Crippen LogP contribution in [0.4, 0.5) is 11.5 Å². The van der Waals surface area contributed by atoms with Crippen molar-refractivity contribution in [3.63, 3.8) is 0 Å². The Balaban J connectivity index is 1.73. The molecular weight excluding hydrogens is 314 g/mol. The Hall–Kier alpha value is -2.47. The highest BCUT2D eigenvalue weighted by molar-refractivity contribution is 6.03. The number of aromatic nitrogens is 2. The number of carbonyl (C=O) groups excluding carboxylic acids is 1. The van der Waals surface area contributed by atoms with E-state index in [0.717, 1.165) is 55.4 Å². The van der Waals surface area contributed by atoms with E-state index in [1.54, 1.807) is 6.07 Å². The molecule has 1 aliphatic rings. The maximum atomic E-state index is 12.6. The van der Waals surface area contributed by atoms with Crippen LogP contribution in [0.5, 0.6) is 0 Å². The van der Waals surface area contributed by atoms with Crippen LogP contribution >= 0.6 is 0 Å². The van der Waals surface area contributed by atoms with Crippen molar-refractivity contribution in [2.24, 2.45) is 0 Å². The van der Waals surface area contributed by atoms with Gasteiger partial charge in [-0.15, -0.1) is 0 Å². The van der Waals surface area contributed by atoms with E-state index in [2.05, 4.69) is 32.0 Å². The zero-order valence-electron chi connectivity index (χ0n) is 15.1. The molecule has 2 heterocycles. The number of benzene rings is 1. The van der Waals surface area contributed by atoms with Crippen LogP contribution in [0.2, 0.25) is 0 Å². The predicted molar refractivity (Wildman–Crippen MR) is 100 cm³/mol. The van der Waals surface area contributed by atoms with Gasteiger partial charge in [0.2, 0.25) is 0 Å². The fourth-order valence-corrected chi connectivity index (χ4v) is 3.01. The first-order valence-electron chi connectivity index (χ1n) is 8.75. The zero-order chi connectivity index (χ0) is 17.8. The smallest absolute Gasteiger partial charge is 0.274 e. The molecule has 0 radical (unpaired) electrons. The molecule has 6 nitrogen and oxygen atoms in total. The molecule has 0 bridgehead atoms. The molecule has 3 rings (SSSR count). The van der Waals surface area contributed by atoms with Crippen LogP contribution in [0, 0.1) is 13.8 Å². The minimum absolute atomic E-state index is 0.204. The molecule has 6 heteroatoms. The van der Waals surface area contributed by atoms with Gasteiger partial charge >= 0.3 is 0 Å². The highest BCUT2D eigenvalue weighted by Gasteiger charge is 2.18. The molecule has 25 heavy (non-hydrogen) atoms. The SMILES string of the molecule is CCN1CCN(c2cc(C(=O)Nc3cccc(C)c3C)ncn2)CC1. The summed E-state index contributed by atoms with van der Waals surface area (Å²) in [5, 5.41) is 2.96. The molecule has 1 N–H and O–H groups in total. The van der Waals surface area contributed by atoms with Crippen molar-refractivity contribution in [2.45, 2.75) is 20.8 Å². The summed E-state index contributed by atoms with van der Waals surface area (Å²) in [6.07, 6.45) is 1.47. The van der Waals surface area contributed by atoms with E-state index in [1.165, 1.54) is 6.33 Å². The van der Waals surface area contributed by atoms with Gasteiger partial charge in [-0.3, -0.25) is 4.79 Å². The van der Waals surface area contributed by atoms with Gasteiger partial charge in [0.15, 0.2) is 0 Å². The van der Waals surface area contributed by atoms with Gasteiger partial charge in [0.05, 0.1) is 0 Å². The van der Waals surface area contributed by atoms with Gasteiger partial charge in [-0.1, -0.05) is 19.1 Å². The Bertz CT molecular complexity index is 753. The van der Waals surface area contributed by atoms with Crippen molar-refractivity contribution in [3.05, 3.63) is 47.4 Å². The summed E-state index contributed by atoms with van der Waals surface area (Å²) in [7, 11) is 0. The molecule has 1 fully saturated rings. The molecule has 1 amide bonds. The number of aryl methyl sites for hydroxylation is 1. The van der Waals surface area contributed by atoms with E-state index in [4.69, 9.17) is 0 Å². The lowest BCUT2D eigenvalue weighted by molar-refractivity contribution is 0.102. The topological polar surface area (TPSA) is 61.4 Å². The predicted octanol–water partition coefficient (Wildman–Crippen LogP) is 2.49. The maximum absolute atomic E-state index is 12.6. The van der Waals surface area contributed by atoms with Gasteiger partial charge in [0.1, 0.15) is 17.8 Å². The number of likely N-dealkylation sites (N-methyl/N-ethyl adjacent to an activating group) is 1. The quantitative estimate of drug-likeness (QED) is 0.927. The van der Waals surface area contributed by atoms with E-state index in [9.17, 15) is 4.79 Å². The van der Waals surface area contributed by atoms with Crippen LogP contribution in [-0.2, 0) is 0 Å². The molecular formula is C19H25N5O. The first-order valence-corrected chi connectivity index (χ1v) is 8.75. The summed E-state index contributed by atoms with van der Waals surface area (Å²) in [4.78, 5) is 25.7. The first-order chi connectivity index (χ1) is 12.1. The molecule has 132 valence electrons. The molecule has 1 aliphatic heterocycles. The van der Waals surface area contributed by atoms with Crippen LogP contribution in [0.3, 0.4) is 0 Å². The Morgan fingerprint density at radius 2 is 1.92 bits per heavy atom. The van der Waals surface area contributed by atoms with Crippen LogP contribution in [0.1, 0.15) is 28.5 Å². The zero-order valence-corrected chi connectivity index (χ0v) is 15.1. The van der Waals surface area contributed by atoms with Crippen molar-refractivity contribution >= 4 is 17.4 Å². The number of hydrogen-bond donors (Lipinski definition) is 1. The maximum Gasteiger partial charge on any atom is 0.274 e. The van der Waals surface area contributed by atoms with Gasteiger partial charge in [-0.25, -0.2) is 9.97 Å². The van der Waals surface area contributed by atoms with E-state index in [1.807, 2.05) is 32.0 Å². The average molecular weight is 339 g/mol. The largest absolute Gasteiger partial charge is 0.354 e. The van der Waals surface area contributed by atoms with Crippen molar-refractivity contribution in [3.8, 4) is 0 Å². The van der Waals surface area contributed by atoms with Crippen LogP contribution < -0.4 is 10.2 Å². The minimum Gasteiger partial charge on any atom is -0.354 e. The molecule has 0 atom stereocenters. The lowest BCUT2D eigenvalue weighted by atomic mass is 10.1. The van der Waals surface area contributed by atoms with Gasteiger partial charge in [-0.05, 0) is 37.6 Å². The number of anilines is 2. The molecule has 2 aromatic rings. The summed E-state index contributed by atoms with van der Waals surface area (Å²) in [5.41, 5.74) is 3.43. The molecule has 1 aromatic heterocycles. The minimum atomic E-state index is -0.204. The standard InChI is InChI=1S/C19H25N5O/c1-4-23-8-10-24(11-9-23)18-12-17(20-13-21-18)19(25)22-16-7-5-6-14(2)15(16)3/h5-7,12-13H,4,8-11H2,1-3H3,(H,22,25). The monoisotopic (exact) mass is 339 g/mol. The third kappa shape index (κ3) is 3.96. The number of carbonyl (C=O) groups is 1. The third-order valence-corrected chi connectivity index (χ3v) is 4.88. The van der Waals surface area contributed by atoms with Crippen LogP contribution in [-0.4, -0.2) is 53.5 Å². The van der Waals surface area contributed by atoms with E-state index < -0.39 is 0 Å². The summed E-state index contributed by atoms with van der Waals surface area (Å²) >= 11 is 0. The summed E-state index contributed by atoms with van der Waals surface area (Å²) in [5.74, 6) is 0.612. The highest BCUT2D eigenvalue weighted by atomic mass is 16.1. The molecule has 0 unspecified atom stereocenters. The number of nitrogens with zero attached hydrogens (tertiary/aromatic N) is 4. The van der Waals surface area contributed by atoms with E-state index in [0.29, 0.717) is 5.69 Å². The second kappa shape index (κ2) is 7.61. The Morgan fingerprint density at radius 3 is 2.64 bits per heavy atom. The second-order valence-electron chi connectivity index (χ2n) is 6.38. The normalized spacial score (nSPS) is 15.2. The number of amides is 1. The average Bonchev–Trinajstić information content (AvgIpc) is 2.65. The van der Waals surface area contributed by atoms with Crippen LogP contribution in [0.25, 0.3) is 0 Å². The Kier molecular flexibility index (Phi) is 5.28. The van der Waals surface area contributed by atoms with Gasteiger partial charge in [-0.2, -0.15) is 0 Å². The lowest BCUT2D eigenvalue weighted by Gasteiger charge is -2.34. The fourth-order valence-electron chi connectivity index (χ4n) is 3.01. The van der Waals surface area contributed by atoms with Gasteiger partial charge in [0, 0.05) is 37.9 Å². The molecule has 1 saturated heterocycles. The summed E-state index contributed by atoms with van der Waals surface area (Å²) in [6.45, 7) is 11.2. The molecule has 0 aliphatic carbocycles. The molecule has 1 aromatic carbocycles. The second-order valence-corrected chi connectivity index (χ2v) is 6.38. The number of piperazine rings is 1. The van der Waals surface area contributed by atoms with Crippen molar-refractivity contribution in [1.29, 1.82) is 0 Å². The van der Waals surface area contributed by atoms with Crippen molar-refractivity contribution < 1.29 is 4.79 Å². The van der Waals surface area contributed by atoms with Gasteiger partial charge < -0.3 is 15.1 Å². The Morgan fingerprint density at radius 1 is 1.16 bits per heavy atom. The van der Waals surface area contributed by atoms with Gasteiger partial charge in [0.25, 0.3) is 5.91 Å². The molecule has 0 saturated carbocycles. The third-order valence-electron chi connectivity index (χ3n) is 4.88. The summed E-state index contributed by atoms with van der Waals surface area (Å²) < 4.78 is 0. The van der Waals surface area contributed by atoms with Crippen molar-refractivity contribution in [2.75, 3.05) is 42.9 Å². The highest BCUT2D eigenvalue weighted by Crippen LogP contribution is 2.19. The first kappa shape index (κ1) is 17.4. The van der Waals surface area contributed by atoms with E-state index >= 15 is 0 Å². The summed E-state index contributed by atoms with van der Waals surface area (Å²) in [6, 6.07) is 7.66. The van der Waals surface area contributed by atoms with E-state index in [-0.39, 0.29) is 5.91 Å². The lowest BCUT2D eigenvalue weighted by Crippen LogP contribution is -2.46. The van der Waals surface area contributed by atoms with Crippen molar-refractivity contribution in [1.82, 2.24) is 14.9 Å². The number of hydrogen-bond acceptors (Lipinski definition) is 5.